The first-order valence-electron chi connectivity index (χ1n) is 6.40. The van der Waals surface area contributed by atoms with Crippen LogP contribution in [0.3, 0.4) is 0 Å². The zero-order valence-corrected chi connectivity index (χ0v) is 12.4. The Morgan fingerprint density at radius 3 is 2.80 bits per heavy atom. The van der Waals surface area contributed by atoms with Crippen LogP contribution in [-0.4, -0.2) is 19.6 Å². The zero-order chi connectivity index (χ0) is 14.4. The highest BCUT2D eigenvalue weighted by atomic mass is 32.1. The van der Waals surface area contributed by atoms with Crippen molar-refractivity contribution in [2.45, 2.75) is 13.0 Å². The lowest BCUT2D eigenvalue weighted by molar-refractivity contribution is -0.115. The van der Waals surface area contributed by atoms with Crippen molar-refractivity contribution in [3.63, 3.8) is 0 Å². The van der Waals surface area contributed by atoms with E-state index in [1.54, 1.807) is 18.4 Å². The highest BCUT2D eigenvalue weighted by Gasteiger charge is 2.10. The van der Waals surface area contributed by atoms with Crippen molar-refractivity contribution in [1.29, 1.82) is 0 Å². The maximum Gasteiger partial charge on any atom is 0.238 e. The quantitative estimate of drug-likeness (QED) is 0.859. The lowest BCUT2D eigenvalue weighted by Gasteiger charge is -2.13. The molecule has 1 unspecified atom stereocenters. The second-order valence-corrected chi connectivity index (χ2v) is 5.35. The van der Waals surface area contributed by atoms with Crippen molar-refractivity contribution >= 4 is 22.9 Å². The molecule has 1 aromatic carbocycles. The summed E-state index contributed by atoms with van der Waals surface area (Å²) in [5.74, 6) is 0.574. The molecule has 0 saturated carbocycles. The fourth-order valence-corrected chi connectivity index (χ4v) is 2.59. The number of hydrogen-bond donors (Lipinski definition) is 2. The van der Waals surface area contributed by atoms with E-state index in [0.717, 1.165) is 0 Å². The van der Waals surface area contributed by atoms with Crippen LogP contribution < -0.4 is 15.4 Å². The summed E-state index contributed by atoms with van der Waals surface area (Å²) in [5, 5.41) is 8.07. The topological polar surface area (TPSA) is 50.4 Å². The zero-order valence-electron chi connectivity index (χ0n) is 11.6. The first-order chi connectivity index (χ1) is 9.70. The van der Waals surface area contributed by atoms with E-state index in [1.807, 2.05) is 42.6 Å². The van der Waals surface area contributed by atoms with E-state index in [0.29, 0.717) is 11.4 Å². The van der Waals surface area contributed by atoms with Gasteiger partial charge in [0.15, 0.2) is 0 Å². The summed E-state index contributed by atoms with van der Waals surface area (Å²) < 4.78 is 5.20. The summed E-state index contributed by atoms with van der Waals surface area (Å²) >= 11 is 1.68. The largest absolute Gasteiger partial charge is 0.495 e. The minimum absolute atomic E-state index is 0.0853. The van der Waals surface area contributed by atoms with E-state index in [9.17, 15) is 4.79 Å². The molecule has 0 aliphatic heterocycles. The molecule has 2 aromatic rings. The van der Waals surface area contributed by atoms with Gasteiger partial charge in [0.1, 0.15) is 5.75 Å². The van der Waals surface area contributed by atoms with Crippen LogP contribution >= 0.6 is 11.3 Å². The molecule has 1 atom stereocenters. The molecule has 0 aliphatic rings. The van der Waals surface area contributed by atoms with Gasteiger partial charge >= 0.3 is 0 Å². The third-order valence-electron chi connectivity index (χ3n) is 2.92. The van der Waals surface area contributed by atoms with Crippen LogP contribution in [0.4, 0.5) is 5.69 Å². The molecule has 0 radical (unpaired) electrons. The number of ether oxygens (including phenoxy) is 1. The lowest BCUT2D eigenvalue weighted by atomic mass is 10.2. The monoisotopic (exact) mass is 290 g/mol. The number of rotatable bonds is 6. The van der Waals surface area contributed by atoms with Gasteiger partial charge in [-0.05, 0) is 30.5 Å². The summed E-state index contributed by atoms with van der Waals surface area (Å²) in [7, 11) is 1.59. The van der Waals surface area contributed by atoms with E-state index in [1.165, 1.54) is 4.88 Å². The van der Waals surface area contributed by atoms with Gasteiger partial charge in [-0.1, -0.05) is 18.2 Å². The molecule has 2 N–H and O–H groups in total. The Morgan fingerprint density at radius 1 is 1.30 bits per heavy atom. The first kappa shape index (κ1) is 14.6. The van der Waals surface area contributed by atoms with Crippen molar-refractivity contribution in [3.05, 3.63) is 46.7 Å². The Balaban J connectivity index is 1.86. The van der Waals surface area contributed by atoms with Gasteiger partial charge in [0.25, 0.3) is 0 Å². The Labute approximate surface area is 122 Å². The van der Waals surface area contributed by atoms with Gasteiger partial charge in [-0.25, -0.2) is 0 Å². The van der Waals surface area contributed by atoms with Crippen LogP contribution in [0, 0.1) is 0 Å². The molecule has 0 fully saturated rings. The maximum atomic E-state index is 11.9. The van der Waals surface area contributed by atoms with Crippen molar-refractivity contribution < 1.29 is 9.53 Å². The molecule has 2 rings (SSSR count). The molecule has 20 heavy (non-hydrogen) atoms. The second kappa shape index (κ2) is 7.07. The Bertz CT molecular complexity index is 555. The van der Waals surface area contributed by atoms with Gasteiger partial charge in [0, 0.05) is 10.9 Å². The fourth-order valence-electron chi connectivity index (χ4n) is 1.83. The average Bonchev–Trinajstić information content (AvgIpc) is 2.99. The number of hydrogen-bond acceptors (Lipinski definition) is 4. The number of nitrogens with one attached hydrogen (secondary N) is 2. The maximum absolute atomic E-state index is 11.9. The highest BCUT2D eigenvalue weighted by molar-refractivity contribution is 7.10. The third kappa shape index (κ3) is 3.82. The summed E-state index contributed by atoms with van der Waals surface area (Å²) in [6.07, 6.45) is 0. The number of carbonyl (C=O) groups is 1. The lowest BCUT2D eigenvalue weighted by Crippen LogP contribution is -2.29. The molecule has 0 saturated heterocycles. The number of benzene rings is 1. The van der Waals surface area contributed by atoms with Crippen molar-refractivity contribution in [2.24, 2.45) is 0 Å². The van der Waals surface area contributed by atoms with Gasteiger partial charge < -0.3 is 15.4 Å². The molecule has 1 heterocycles. The molecular formula is C15H18N2O2S. The molecule has 0 aliphatic carbocycles. The van der Waals surface area contributed by atoms with Gasteiger partial charge in [0.05, 0.1) is 19.3 Å². The number of methoxy groups -OCH3 is 1. The molecule has 4 nitrogen and oxygen atoms in total. The van der Waals surface area contributed by atoms with Crippen LogP contribution in [0.2, 0.25) is 0 Å². The first-order valence-corrected chi connectivity index (χ1v) is 7.28. The van der Waals surface area contributed by atoms with Gasteiger partial charge in [-0.3, -0.25) is 4.79 Å². The fraction of sp³-hybridized carbons (Fsp3) is 0.267. The van der Waals surface area contributed by atoms with E-state index >= 15 is 0 Å². The Kier molecular flexibility index (Phi) is 5.15. The normalized spacial score (nSPS) is 11.9. The minimum Gasteiger partial charge on any atom is -0.495 e. The SMILES string of the molecule is COc1ccccc1NC(=O)CNC(C)c1cccs1. The van der Waals surface area contributed by atoms with Crippen LogP contribution in [0.25, 0.3) is 0 Å². The van der Waals surface area contributed by atoms with Gasteiger partial charge in [-0.2, -0.15) is 0 Å². The summed E-state index contributed by atoms with van der Waals surface area (Å²) in [6.45, 7) is 2.30. The molecular weight excluding hydrogens is 272 g/mol. The molecule has 0 bridgehead atoms. The number of thiophene rings is 1. The standard InChI is InChI=1S/C15H18N2O2S/c1-11(14-8-5-9-20-14)16-10-15(18)17-12-6-3-4-7-13(12)19-2/h3-9,11,16H,10H2,1-2H3,(H,17,18). The number of carbonyl (C=O) groups excluding carboxylic acids is 1. The van der Waals surface area contributed by atoms with Crippen LogP contribution in [0.15, 0.2) is 41.8 Å². The molecule has 1 amide bonds. The molecule has 1 aromatic heterocycles. The van der Waals surface area contributed by atoms with E-state index < -0.39 is 0 Å². The van der Waals surface area contributed by atoms with E-state index in [-0.39, 0.29) is 18.5 Å². The van der Waals surface area contributed by atoms with Crippen molar-refractivity contribution in [3.8, 4) is 5.75 Å². The Hall–Kier alpha value is -1.85. The summed E-state index contributed by atoms with van der Waals surface area (Å²) in [5.41, 5.74) is 0.686. The van der Waals surface area contributed by atoms with Gasteiger partial charge in [-0.15, -0.1) is 11.3 Å². The van der Waals surface area contributed by atoms with Crippen molar-refractivity contribution in [2.75, 3.05) is 19.0 Å². The molecule has 5 heteroatoms. The van der Waals surface area contributed by atoms with E-state index in [2.05, 4.69) is 16.7 Å². The summed E-state index contributed by atoms with van der Waals surface area (Å²) in [6, 6.07) is 11.6. The average molecular weight is 290 g/mol. The van der Waals surface area contributed by atoms with Crippen LogP contribution in [0.5, 0.6) is 5.75 Å². The highest BCUT2D eigenvalue weighted by Crippen LogP contribution is 2.23. The number of anilines is 1. The van der Waals surface area contributed by atoms with E-state index in [4.69, 9.17) is 4.74 Å². The third-order valence-corrected chi connectivity index (χ3v) is 3.97. The molecule has 0 spiro atoms. The van der Waals surface area contributed by atoms with Gasteiger partial charge in [0.2, 0.25) is 5.91 Å². The minimum atomic E-state index is -0.0853. The summed E-state index contributed by atoms with van der Waals surface area (Å²) in [4.78, 5) is 13.1. The van der Waals surface area contributed by atoms with Crippen LogP contribution in [-0.2, 0) is 4.79 Å². The second-order valence-electron chi connectivity index (χ2n) is 4.37. The van der Waals surface area contributed by atoms with Crippen LogP contribution in [0.1, 0.15) is 17.8 Å². The number of para-hydroxylation sites is 2. The predicted molar refractivity (Wildman–Crippen MR) is 82.4 cm³/mol. The molecule has 106 valence electrons. The Morgan fingerprint density at radius 2 is 2.10 bits per heavy atom. The number of amides is 1. The smallest absolute Gasteiger partial charge is 0.238 e. The van der Waals surface area contributed by atoms with Crippen molar-refractivity contribution in [1.82, 2.24) is 5.32 Å². The predicted octanol–water partition coefficient (Wildman–Crippen LogP) is 3.05.